The summed E-state index contributed by atoms with van der Waals surface area (Å²) in [6.07, 6.45) is 8.27. The molecule has 0 spiro atoms. The average molecular weight is 384 g/mol. The highest BCUT2D eigenvalue weighted by atomic mass is 16.6. The fourth-order valence-corrected chi connectivity index (χ4v) is 4.45. The van der Waals surface area contributed by atoms with Gasteiger partial charge in [0.15, 0.2) is 0 Å². The third kappa shape index (κ3) is 4.23. The summed E-state index contributed by atoms with van der Waals surface area (Å²) in [7, 11) is 0. The van der Waals surface area contributed by atoms with E-state index in [-0.39, 0.29) is 41.6 Å². The molecule has 2 aliphatic carbocycles. The van der Waals surface area contributed by atoms with Crippen LogP contribution in [0.4, 0.5) is 0 Å². The maximum Gasteiger partial charge on any atom is 0.309 e. The molecule has 3 unspecified atom stereocenters. The summed E-state index contributed by atoms with van der Waals surface area (Å²) >= 11 is 0. The van der Waals surface area contributed by atoms with Crippen LogP contribution in [0.3, 0.4) is 0 Å². The molecule has 1 aromatic rings. The van der Waals surface area contributed by atoms with Crippen molar-refractivity contribution in [3.8, 4) is 5.75 Å². The Morgan fingerprint density at radius 2 is 1.79 bits per heavy atom. The largest absolute Gasteiger partial charge is 0.493 e. The van der Waals surface area contributed by atoms with Crippen molar-refractivity contribution < 1.29 is 23.8 Å². The predicted octanol–water partition coefficient (Wildman–Crippen LogP) is 4.48. The van der Waals surface area contributed by atoms with Gasteiger partial charge in [-0.15, -0.1) is 0 Å². The van der Waals surface area contributed by atoms with Crippen molar-refractivity contribution in [2.24, 2.45) is 11.8 Å². The van der Waals surface area contributed by atoms with Gasteiger partial charge in [0.25, 0.3) is 0 Å². The number of carbonyl (C=O) groups is 2. The molecule has 1 aromatic carbocycles. The van der Waals surface area contributed by atoms with Crippen LogP contribution in [-0.4, -0.2) is 24.0 Å². The van der Waals surface area contributed by atoms with Crippen LogP contribution < -0.4 is 4.74 Å². The number of allylic oxidation sites excluding steroid dienone is 1. The molecule has 5 heteroatoms. The molecule has 0 radical (unpaired) electrons. The first-order valence-electron chi connectivity index (χ1n) is 10.4. The van der Waals surface area contributed by atoms with Crippen LogP contribution in [-0.2, 0) is 19.1 Å². The molecule has 28 heavy (non-hydrogen) atoms. The Balaban J connectivity index is 1.34. The number of hydrogen-bond acceptors (Lipinski definition) is 5. The number of esters is 1. The molecular formula is C23H28O5. The first-order valence-corrected chi connectivity index (χ1v) is 10.4. The maximum absolute atomic E-state index is 12.8. The fourth-order valence-electron chi connectivity index (χ4n) is 4.45. The first kappa shape index (κ1) is 19.0. The van der Waals surface area contributed by atoms with Crippen molar-refractivity contribution in [3.05, 3.63) is 41.9 Å². The number of Topliss-reactive ketones (excluding diaryl/α,β-unsaturated/α-hetero) is 1. The highest BCUT2D eigenvalue weighted by Gasteiger charge is 2.42. The Kier molecular flexibility index (Phi) is 5.69. The molecule has 0 aromatic heterocycles. The normalized spacial score (nSPS) is 28.0. The zero-order chi connectivity index (χ0) is 19.5. The first-order chi connectivity index (χ1) is 13.6. The van der Waals surface area contributed by atoms with Gasteiger partial charge < -0.3 is 14.2 Å². The minimum Gasteiger partial charge on any atom is -0.493 e. The van der Waals surface area contributed by atoms with Crippen molar-refractivity contribution in [2.75, 3.05) is 0 Å². The number of aryl methyl sites for hydroxylation is 1. The van der Waals surface area contributed by atoms with Gasteiger partial charge in [-0.05, 0) is 44.7 Å². The molecular weight excluding hydrogens is 356 g/mol. The molecule has 2 fully saturated rings. The lowest BCUT2D eigenvalue weighted by molar-refractivity contribution is -0.160. The van der Waals surface area contributed by atoms with Crippen molar-refractivity contribution in [2.45, 2.75) is 70.5 Å². The van der Waals surface area contributed by atoms with Crippen molar-refractivity contribution in [3.63, 3.8) is 0 Å². The van der Waals surface area contributed by atoms with E-state index in [1.165, 1.54) is 12.7 Å². The Morgan fingerprint density at radius 3 is 2.54 bits per heavy atom. The van der Waals surface area contributed by atoms with E-state index in [2.05, 4.69) is 0 Å². The van der Waals surface area contributed by atoms with E-state index >= 15 is 0 Å². The predicted molar refractivity (Wildman–Crippen MR) is 104 cm³/mol. The highest BCUT2D eigenvalue weighted by Crippen LogP contribution is 2.36. The second kappa shape index (κ2) is 8.38. The number of hydrogen-bond donors (Lipinski definition) is 0. The van der Waals surface area contributed by atoms with Gasteiger partial charge in [0.2, 0.25) is 11.5 Å². The summed E-state index contributed by atoms with van der Waals surface area (Å²) in [5.41, 5.74) is 1.13. The summed E-state index contributed by atoms with van der Waals surface area (Å²) in [5.74, 6) is 0.619. The van der Waals surface area contributed by atoms with Gasteiger partial charge in [0.05, 0.1) is 11.8 Å². The van der Waals surface area contributed by atoms with Crippen molar-refractivity contribution in [1.82, 2.24) is 0 Å². The van der Waals surface area contributed by atoms with Crippen molar-refractivity contribution in [1.29, 1.82) is 0 Å². The zero-order valence-electron chi connectivity index (χ0n) is 16.4. The molecule has 3 atom stereocenters. The van der Waals surface area contributed by atoms with E-state index in [1.807, 2.05) is 31.2 Å². The second-order valence-electron chi connectivity index (χ2n) is 8.25. The number of ether oxygens (including phenoxy) is 3. The lowest BCUT2D eigenvalue weighted by Crippen LogP contribution is -2.43. The van der Waals surface area contributed by atoms with Crippen molar-refractivity contribution >= 4 is 11.8 Å². The molecule has 150 valence electrons. The van der Waals surface area contributed by atoms with Gasteiger partial charge in [0, 0.05) is 6.42 Å². The molecule has 3 aliphatic rings. The fraction of sp³-hybridized carbons (Fsp3) is 0.565. The topological polar surface area (TPSA) is 61.8 Å². The van der Waals surface area contributed by atoms with Gasteiger partial charge in [-0.2, -0.15) is 0 Å². The van der Waals surface area contributed by atoms with Gasteiger partial charge in [-0.1, -0.05) is 37.0 Å². The van der Waals surface area contributed by atoms with E-state index in [9.17, 15) is 9.59 Å². The Bertz CT molecular complexity index is 745. The van der Waals surface area contributed by atoms with Gasteiger partial charge in [-0.3, -0.25) is 9.59 Å². The number of rotatable bonds is 4. The molecule has 0 amide bonds. The molecule has 4 rings (SSSR count). The molecule has 0 N–H and O–H groups in total. The minimum absolute atomic E-state index is 0.0196. The Morgan fingerprint density at radius 1 is 1.04 bits per heavy atom. The monoisotopic (exact) mass is 384 g/mol. The van der Waals surface area contributed by atoms with E-state index in [4.69, 9.17) is 14.2 Å². The smallest absolute Gasteiger partial charge is 0.309 e. The Hall–Kier alpha value is -2.30. The number of ketones is 1. The van der Waals surface area contributed by atoms with Crippen LogP contribution in [0.1, 0.15) is 56.9 Å². The van der Waals surface area contributed by atoms with Crippen LogP contribution >= 0.6 is 0 Å². The minimum atomic E-state index is -0.240. The second-order valence-corrected chi connectivity index (χ2v) is 8.25. The summed E-state index contributed by atoms with van der Waals surface area (Å²) in [6, 6.07) is 7.58. The average Bonchev–Trinajstić information content (AvgIpc) is 2.72. The molecule has 0 saturated heterocycles. The maximum atomic E-state index is 12.8. The van der Waals surface area contributed by atoms with Crippen LogP contribution in [0.25, 0.3) is 0 Å². The number of benzene rings is 1. The van der Waals surface area contributed by atoms with Crippen LogP contribution in [0, 0.1) is 18.8 Å². The molecule has 5 nitrogen and oxygen atoms in total. The van der Waals surface area contributed by atoms with E-state index in [1.54, 1.807) is 0 Å². The third-order valence-corrected chi connectivity index (χ3v) is 6.14. The molecule has 0 bridgehead atoms. The lowest BCUT2D eigenvalue weighted by Gasteiger charge is -2.37. The summed E-state index contributed by atoms with van der Waals surface area (Å²) < 4.78 is 17.3. The SMILES string of the molecule is Cc1ccc(OC2=COC3CC(OC(=O)C4CCCCC4)CCC3C2=O)cc1. The van der Waals surface area contributed by atoms with E-state index in [0.717, 1.165) is 31.2 Å². The summed E-state index contributed by atoms with van der Waals surface area (Å²) in [4.78, 5) is 25.2. The number of carbonyl (C=O) groups excluding carboxylic acids is 2. The standard InChI is InChI=1S/C23H28O5/c1-15-7-9-17(10-8-15)27-21-14-26-20-13-18(11-12-19(20)22(21)24)28-23(25)16-5-3-2-4-6-16/h7-10,14,16,18-20H,2-6,11-13H2,1H3. The van der Waals surface area contributed by atoms with Gasteiger partial charge >= 0.3 is 5.97 Å². The Labute approximate surface area is 166 Å². The molecule has 1 aliphatic heterocycles. The van der Waals surface area contributed by atoms with Crippen LogP contribution in [0.2, 0.25) is 0 Å². The van der Waals surface area contributed by atoms with Crippen LogP contribution in [0.5, 0.6) is 5.75 Å². The molecule has 1 heterocycles. The quantitative estimate of drug-likeness (QED) is 0.717. The summed E-state index contributed by atoms with van der Waals surface area (Å²) in [6.45, 7) is 2.00. The van der Waals surface area contributed by atoms with E-state index < -0.39 is 0 Å². The summed E-state index contributed by atoms with van der Waals surface area (Å²) in [5, 5.41) is 0. The molecule has 2 saturated carbocycles. The third-order valence-electron chi connectivity index (χ3n) is 6.14. The lowest BCUT2D eigenvalue weighted by atomic mass is 9.80. The van der Waals surface area contributed by atoms with Gasteiger partial charge in [0.1, 0.15) is 24.2 Å². The highest BCUT2D eigenvalue weighted by molar-refractivity contribution is 5.96. The number of fused-ring (bicyclic) bond motifs is 1. The van der Waals surface area contributed by atoms with E-state index in [0.29, 0.717) is 25.0 Å². The zero-order valence-corrected chi connectivity index (χ0v) is 16.4. The van der Waals surface area contributed by atoms with Gasteiger partial charge in [-0.25, -0.2) is 0 Å². The van der Waals surface area contributed by atoms with Crippen LogP contribution in [0.15, 0.2) is 36.3 Å².